The van der Waals surface area contributed by atoms with Gasteiger partial charge in [-0.15, -0.1) is 24.0 Å². The van der Waals surface area contributed by atoms with Gasteiger partial charge in [-0.05, 0) is 22.9 Å². The SMILES string of the molecule is Oc1c(F)c(S)cc2ccsc12. The number of benzene rings is 1. The molecule has 0 unspecified atom stereocenters. The Hall–Kier alpha value is -0.740. The fraction of sp³-hybridized carbons (Fsp3) is 0. The molecule has 0 spiro atoms. The lowest BCUT2D eigenvalue weighted by Crippen LogP contribution is -1.78. The van der Waals surface area contributed by atoms with Crippen LogP contribution < -0.4 is 0 Å². The third-order valence-corrected chi connectivity index (χ3v) is 2.90. The molecule has 1 aromatic heterocycles. The average molecular weight is 200 g/mol. The van der Waals surface area contributed by atoms with Gasteiger partial charge in [-0.25, -0.2) is 4.39 Å². The van der Waals surface area contributed by atoms with E-state index in [0.29, 0.717) is 4.70 Å². The third kappa shape index (κ3) is 0.990. The summed E-state index contributed by atoms with van der Waals surface area (Å²) in [6.45, 7) is 0. The van der Waals surface area contributed by atoms with Crippen LogP contribution in [0.25, 0.3) is 10.1 Å². The summed E-state index contributed by atoms with van der Waals surface area (Å²) in [6.07, 6.45) is 0. The summed E-state index contributed by atoms with van der Waals surface area (Å²) in [7, 11) is 0. The van der Waals surface area contributed by atoms with Crippen molar-refractivity contribution in [3.8, 4) is 5.75 Å². The van der Waals surface area contributed by atoms with Crippen molar-refractivity contribution in [3.63, 3.8) is 0 Å². The molecule has 4 heteroatoms. The second-order valence-electron chi connectivity index (χ2n) is 2.40. The fourth-order valence-electron chi connectivity index (χ4n) is 1.06. The Morgan fingerprint density at radius 3 is 3.00 bits per heavy atom. The maximum absolute atomic E-state index is 13.0. The zero-order chi connectivity index (χ0) is 8.72. The molecule has 1 aromatic carbocycles. The molecule has 0 saturated heterocycles. The van der Waals surface area contributed by atoms with E-state index in [1.165, 1.54) is 11.3 Å². The van der Waals surface area contributed by atoms with Crippen LogP contribution in [0.5, 0.6) is 5.75 Å². The number of phenolic OH excluding ortho intramolecular Hbond substituents is 1. The number of thiol groups is 1. The minimum atomic E-state index is -0.645. The van der Waals surface area contributed by atoms with E-state index in [1.54, 1.807) is 11.4 Å². The summed E-state index contributed by atoms with van der Waals surface area (Å²) in [5.41, 5.74) is 0. The maximum Gasteiger partial charge on any atom is 0.179 e. The molecule has 0 aliphatic carbocycles. The first-order valence-electron chi connectivity index (χ1n) is 3.28. The monoisotopic (exact) mass is 200 g/mol. The fourth-order valence-corrected chi connectivity index (χ4v) is 2.12. The van der Waals surface area contributed by atoms with Crippen LogP contribution in [0.4, 0.5) is 4.39 Å². The standard InChI is InChI=1S/C8H5FOS2/c9-6-5(11)3-4-1-2-12-8(4)7(6)10/h1-3,10-11H. The van der Waals surface area contributed by atoms with Crippen LogP contribution in [-0.4, -0.2) is 5.11 Å². The molecule has 0 radical (unpaired) electrons. The molecule has 0 amide bonds. The van der Waals surface area contributed by atoms with Gasteiger partial charge < -0.3 is 5.11 Å². The highest BCUT2D eigenvalue weighted by atomic mass is 32.1. The van der Waals surface area contributed by atoms with Crippen molar-refractivity contribution in [1.29, 1.82) is 0 Å². The van der Waals surface area contributed by atoms with Crippen molar-refractivity contribution < 1.29 is 9.50 Å². The molecular formula is C8H5FOS2. The van der Waals surface area contributed by atoms with Crippen molar-refractivity contribution in [2.75, 3.05) is 0 Å². The Morgan fingerprint density at radius 2 is 2.25 bits per heavy atom. The van der Waals surface area contributed by atoms with E-state index in [4.69, 9.17) is 0 Å². The van der Waals surface area contributed by atoms with E-state index in [-0.39, 0.29) is 10.6 Å². The Kier molecular flexibility index (Phi) is 1.73. The number of hydrogen-bond donors (Lipinski definition) is 2. The molecule has 12 heavy (non-hydrogen) atoms. The van der Waals surface area contributed by atoms with Crippen LogP contribution in [0.3, 0.4) is 0 Å². The van der Waals surface area contributed by atoms with Gasteiger partial charge in [0.15, 0.2) is 11.6 Å². The molecule has 0 aliphatic rings. The van der Waals surface area contributed by atoms with E-state index in [0.717, 1.165) is 5.39 Å². The lowest BCUT2D eigenvalue weighted by atomic mass is 10.2. The molecule has 0 fully saturated rings. The van der Waals surface area contributed by atoms with E-state index < -0.39 is 5.82 Å². The van der Waals surface area contributed by atoms with E-state index in [1.807, 2.05) is 6.07 Å². The summed E-state index contributed by atoms with van der Waals surface area (Å²) < 4.78 is 13.6. The van der Waals surface area contributed by atoms with Gasteiger partial charge in [0.1, 0.15) is 0 Å². The van der Waals surface area contributed by atoms with Gasteiger partial charge in [0.05, 0.1) is 4.70 Å². The van der Waals surface area contributed by atoms with Gasteiger partial charge in [-0.2, -0.15) is 0 Å². The number of fused-ring (bicyclic) bond motifs is 1. The predicted molar refractivity (Wildman–Crippen MR) is 50.7 cm³/mol. The molecule has 2 rings (SSSR count). The molecule has 62 valence electrons. The molecule has 0 aliphatic heterocycles. The van der Waals surface area contributed by atoms with Gasteiger partial charge >= 0.3 is 0 Å². The smallest absolute Gasteiger partial charge is 0.179 e. The van der Waals surface area contributed by atoms with Crippen LogP contribution in [0.15, 0.2) is 22.4 Å². The summed E-state index contributed by atoms with van der Waals surface area (Å²) in [5, 5.41) is 11.9. The molecule has 0 saturated carbocycles. The van der Waals surface area contributed by atoms with Gasteiger partial charge in [-0.1, -0.05) is 0 Å². The van der Waals surface area contributed by atoms with E-state index in [9.17, 15) is 9.50 Å². The Labute approximate surface area is 77.9 Å². The highest BCUT2D eigenvalue weighted by molar-refractivity contribution is 7.80. The normalized spacial score (nSPS) is 10.8. The Morgan fingerprint density at radius 1 is 1.50 bits per heavy atom. The first-order chi connectivity index (χ1) is 5.70. The van der Waals surface area contributed by atoms with E-state index >= 15 is 0 Å². The first kappa shape index (κ1) is 7.89. The molecular weight excluding hydrogens is 195 g/mol. The largest absolute Gasteiger partial charge is 0.504 e. The minimum absolute atomic E-state index is 0.179. The van der Waals surface area contributed by atoms with Gasteiger partial charge in [0.25, 0.3) is 0 Å². The number of hydrogen-bond acceptors (Lipinski definition) is 3. The molecule has 0 bridgehead atoms. The summed E-state index contributed by atoms with van der Waals surface area (Å²) >= 11 is 5.20. The number of aromatic hydroxyl groups is 1. The highest BCUT2D eigenvalue weighted by Crippen LogP contribution is 2.35. The summed E-state index contributed by atoms with van der Waals surface area (Å²) in [6, 6.07) is 3.42. The van der Waals surface area contributed by atoms with Crippen molar-refractivity contribution in [2.45, 2.75) is 4.90 Å². The zero-order valence-electron chi connectivity index (χ0n) is 5.91. The van der Waals surface area contributed by atoms with Gasteiger partial charge in [0.2, 0.25) is 0 Å². The summed E-state index contributed by atoms with van der Waals surface area (Å²) in [5.74, 6) is -0.944. The number of thiophene rings is 1. The molecule has 1 N–H and O–H groups in total. The van der Waals surface area contributed by atoms with Crippen LogP contribution >= 0.6 is 24.0 Å². The number of halogens is 1. The number of rotatable bonds is 0. The molecule has 1 heterocycles. The predicted octanol–water partition coefficient (Wildman–Crippen LogP) is 3.03. The lowest BCUT2D eigenvalue weighted by Gasteiger charge is -1.99. The van der Waals surface area contributed by atoms with Gasteiger partial charge in [0, 0.05) is 4.90 Å². The molecule has 2 aromatic rings. The van der Waals surface area contributed by atoms with E-state index in [2.05, 4.69) is 12.6 Å². The second-order valence-corrected chi connectivity index (χ2v) is 3.80. The van der Waals surface area contributed by atoms with Crippen LogP contribution in [0.2, 0.25) is 0 Å². The van der Waals surface area contributed by atoms with Crippen molar-refractivity contribution in [2.24, 2.45) is 0 Å². The zero-order valence-corrected chi connectivity index (χ0v) is 7.62. The lowest BCUT2D eigenvalue weighted by molar-refractivity contribution is 0.432. The minimum Gasteiger partial charge on any atom is -0.504 e. The van der Waals surface area contributed by atoms with Gasteiger partial charge in [-0.3, -0.25) is 0 Å². The first-order valence-corrected chi connectivity index (χ1v) is 4.60. The highest BCUT2D eigenvalue weighted by Gasteiger charge is 2.10. The topological polar surface area (TPSA) is 20.2 Å². The quantitative estimate of drug-likeness (QED) is 0.626. The van der Waals surface area contributed by atoms with Crippen LogP contribution in [-0.2, 0) is 0 Å². The number of phenols is 1. The molecule has 1 nitrogen and oxygen atoms in total. The molecule has 0 atom stereocenters. The maximum atomic E-state index is 13.0. The van der Waals surface area contributed by atoms with Crippen molar-refractivity contribution in [1.82, 2.24) is 0 Å². The Balaban J connectivity index is 2.94. The third-order valence-electron chi connectivity index (χ3n) is 1.64. The Bertz CT molecular complexity index is 436. The summed E-state index contributed by atoms with van der Waals surface area (Å²) in [4.78, 5) is 0.179. The van der Waals surface area contributed by atoms with Crippen LogP contribution in [0.1, 0.15) is 0 Å². The van der Waals surface area contributed by atoms with Crippen LogP contribution in [0, 0.1) is 5.82 Å². The van der Waals surface area contributed by atoms with Crippen molar-refractivity contribution in [3.05, 3.63) is 23.3 Å². The second kappa shape index (κ2) is 2.64. The average Bonchev–Trinajstić information content (AvgIpc) is 2.48. The van der Waals surface area contributed by atoms with Crippen molar-refractivity contribution >= 4 is 34.1 Å².